The fraction of sp³-hybridized carbons (Fsp3) is 0.333. The van der Waals surface area contributed by atoms with E-state index in [0.717, 1.165) is 12.3 Å². The zero-order valence-electron chi connectivity index (χ0n) is 13.3. The van der Waals surface area contributed by atoms with Crippen LogP contribution < -0.4 is 14.8 Å². The molecule has 0 bridgehead atoms. The second-order valence-corrected chi connectivity index (χ2v) is 5.75. The number of ether oxygens (including phenoxy) is 4. The molecule has 1 N–H and O–H groups in total. The number of benzene rings is 1. The maximum absolute atomic E-state index is 13.4. The van der Waals surface area contributed by atoms with E-state index in [1.54, 1.807) is 0 Å². The highest BCUT2D eigenvalue weighted by Gasteiger charge is 2.66. The Hall–Kier alpha value is -2.98. The van der Waals surface area contributed by atoms with Crippen molar-refractivity contribution in [3.05, 3.63) is 30.0 Å². The fourth-order valence-electron chi connectivity index (χ4n) is 2.13. The van der Waals surface area contributed by atoms with Crippen molar-refractivity contribution in [1.82, 2.24) is 0 Å². The van der Waals surface area contributed by atoms with E-state index < -0.39 is 47.0 Å². The molecule has 26 heavy (non-hydrogen) atoms. The number of para-hydroxylation sites is 1. The average Bonchev–Trinajstić information content (AvgIpc) is 2.46. The molecule has 1 fully saturated rings. The Morgan fingerprint density at radius 1 is 0.923 bits per heavy atom. The average molecular weight is 377 g/mol. The number of fused-ring (bicyclic) bond motifs is 1. The van der Waals surface area contributed by atoms with Crippen molar-refractivity contribution >= 4 is 17.6 Å². The SMILES string of the molecule is CC1(C)OC(=O)C(=CNc2cccc3c2OC(F)(F)C(F)(F)O3)C(=O)O1. The molecule has 1 aromatic rings. The van der Waals surface area contributed by atoms with Gasteiger partial charge in [0.25, 0.3) is 5.79 Å². The van der Waals surface area contributed by atoms with Gasteiger partial charge in [0.2, 0.25) is 0 Å². The number of esters is 2. The third-order valence-corrected chi connectivity index (χ3v) is 3.27. The Kier molecular flexibility index (Phi) is 3.78. The fourth-order valence-corrected chi connectivity index (χ4v) is 2.13. The van der Waals surface area contributed by atoms with Crippen molar-refractivity contribution in [3.8, 4) is 11.5 Å². The molecule has 2 aliphatic heterocycles. The highest BCUT2D eigenvalue weighted by atomic mass is 19.3. The molecule has 0 radical (unpaired) electrons. The Morgan fingerprint density at radius 3 is 2.12 bits per heavy atom. The van der Waals surface area contributed by atoms with Crippen molar-refractivity contribution in [2.75, 3.05) is 5.32 Å². The lowest BCUT2D eigenvalue weighted by atomic mass is 10.2. The summed E-state index contributed by atoms with van der Waals surface area (Å²) in [6.07, 6.45) is -8.96. The van der Waals surface area contributed by atoms with Crippen LogP contribution in [-0.4, -0.2) is 29.9 Å². The molecule has 0 amide bonds. The highest BCUT2D eigenvalue weighted by molar-refractivity contribution is 6.15. The van der Waals surface area contributed by atoms with E-state index >= 15 is 0 Å². The van der Waals surface area contributed by atoms with Gasteiger partial charge in [-0.2, -0.15) is 17.6 Å². The molecular formula is C15H11F4NO6. The lowest BCUT2D eigenvalue weighted by molar-refractivity contribution is -0.391. The summed E-state index contributed by atoms with van der Waals surface area (Å²) in [5.41, 5.74) is -0.814. The van der Waals surface area contributed by atoms with E-state index in [1.807, 2.05) is 0 Å². The Labute approximate surface area is 143 Å². The van der Waals surface area contributed by atoms with Crippen LogP contribution in [0.2, 0.25) is 0 Å². The molecule has 0 atom stereocenters. The second kappa shape index (κ2) is 5.51. The standard InChI is InChI=1S/C15H11F4NO6/c1-13(2)25-11(21)7(12(22)26-13)6-20-8-4-3-5-9-10(8)24-15(18,19)14(16,17)23-9/h3-6,20H,1-2H3. The van der Waals surface area contributed by atoms with Crippen LogP contribution >= 0.6 is 0 Å². The van der Waals surface area contributed by atoms with Crippen LogP contribution in [0.15, 0.2) is 30.0 Å². The zero-order chi connectivity index (χ0) is 19.3. The lowest BCUT2D eigenvalue weighted by Gasteiger charge is -2.32. The van der Waals surface area contributed by atoms with E-state index in [2.05, 4.69) is 14.8 Å². The molecule has 0 aromatic heterocycles. The Balaban J connectivity index is 1.89. The molecule has 2 aliphatic rings. The molecule has 1 aromatic carbocycles. The molecule has 3 rings (SSSR count). The number of nitrogens with one attached hydrogen (secondary N) is 1. The molecule has 11 heteroatoms. The molecule has 0 aliphatic carbocycles. The summed E-state index contributed by atoms with van der Waals surface area (Å²) in [6, 6.07) is 3.38. The van der Waals surface area contributed by atoms with Crippen LogP contribution in [-0.2, 0) is 19.1 Å². The van der Waals surface area contributed by atoms with Crippen molar-refractivity contribution < 1.29 is 46.1 Å². The first-order valence-electron chi connectivity index (χ1n) is 7.12. The minimum Gasteiger partial charge on any atom is -0.421 e. The summed E-state index contributed by atoms with van der Waals surface area (Å²) in [4.78, 5) is 23.6. The second-order valence-electron chi connectivity index (χ2n) is 5.75. The lowest BCUT2D eigenvalue weighted by Crippen LogP contribution is -2.52. The predicted molar refractivity (Wildman–Crippen MR) is 75.6 cm³/mol. The number of carbonyl (C=O) groups excluding carboxylic acids is 2. The van der Waals surface area contributed by atoms with Gasteiger partial charge in [-0.3, -0.25) is 0 Å². The first-order chi connectivity index (χ1) is 11.9. The van der Waals surface area contributed by atoms with Gasteiger partial charge in [0.1, 0.15) is 0 Å². The molecule has 140 valence electrons. The maximum atomic E-state index is 13.4. The van der Waals surface area contributed by atoms with Crippen molar-refractivity contribution in [1.29, 1.82) is 0 Å². The molecular weight excluding hydrogens is 366 g/mol. The van der Waals surface area contributed by atoms with Crippen LogP contribution in [0, 0.1) is 0 Å². The quantitative estimate of drug-likeness (QED) is 0.367. The monoisotopic (exact) mass is 377 g/mol. The van der Waals surface area contributed by atoms with Gasteiger partial charge in [-0.25, -0.2) is 9.59 Å². The zero-order valence-corrected chi connectivity index (χ0v) is 13.3. The van der Waals surface area contributed by atoms with E-state index in [4.69, 9.17) is 9.47 Å². The number of hydrogen-bond acceptors (Lipinski definition) is 7. The number of rotatable bonds is 2. The van der Waals surface area contributed by atoms with Crippen molar-refractivity contribution in [2.45, 2.75) is 31.9 Å². The van der Waals surface area contributed by atoms with Gasteiger partial charge in [-0.15, -0.1) is 0 Å². The summed E-state index contributed by atoms with van der Waals surface area (Å²) in [6.45, 7) is 2.68. The summed E-state index contributed by atoms with van der Waals surface area (Å²) in [5.74, 6) is -4.87. The summed E-state index contributed by atoms with van der Waals surface area (Å²) in [5, 5.41) is 2.35. The highest BCUT2D eigenvalue weighted by Crippen LogP contribution is 2.49. The summed E-state index contributed by atoms with van der Waals surface area (Å²) >= 11 is 0. The molecule has 0 unspecified atom stereocenters. The predicted octanol–water partition coefficient (Wildman–Crippen LogP) is 2.78. The number of halogens is 4. The third-order valence-electron chi connectivity index (χ3n) is 3.27. The van der Waals surface area contributed by atoms with Gasteiger partial charge < -0.3 is 24.3 Å². The smallest absolute Gasteiger partial charge is 0.421 e. The van der Waals surface area contributed by atoms with Crippen LogP contribution in [0.1, 0.15) is 13.8 Å². The number of hydrogen-bond donors (Lipinski definition) is 1. The first-order valence-corrected chi connectivity index (χ1v) is 7.12. The molecule has 1 saturated heterocycles. The van der Waals surface area contributed by atoms with E-state index in [1.165, 1.54) is 26.0 Å². The Morgan fingerprint density at radius 2 is 1.50 bits per heavy atom. The molecule has 7 nitrogen and oxygen atoms in total. The largest absolute Gasteiger partial charge is 0.507 e. The van der Waals surface area contributed by atoms with Crippen LogP contribution in [0.25, 0.3) is 0 Å². The van der Waals surface area contributed by atoms with Crippen molar-refractivity contribution in [3.63, 3.8) is 0 Å². The van der Waals surface area contributed by atoms with E-state index in [9.17, 15) is 27.2 Å². The van der Waals surface area contributed by atoms with E-state index in [0.29, 0.717) is 0 Å². The molecule has 2 heterocycles. The van der Waals surface area contributed by atoms with Crippen LogP contribution in [0.5, 0.6) is 11.5 Å². The van der Waals surface area contributed by atoms with E-state index in [-0.39, 0.29) is 5.69 Å². The Bertz CT molecular complexity index is 798. The van der Waals surface area contributed by atoms with Crippen LogP contribution in [0.4, 0.5) is 23.2 Å². The summed E-state index contributed by atoms with van der Waals surface area (Å²) < 4.78 is 70.8. The van der Waals surface area contributed by atoms with Gasteiger partial charge in [-0.05, 0) is 12.1 Å². The minimum absolute atomic E-state index is 0.254. The topological polar surface area (TPSA) is 83.1 Å². The minimum atomic E-state index is -4.92. The molecule has 0 saturated carbocycles. The van der Waals surface area contributed by atoms with Gasteiger partial charge in [0.05, 0.1) is 5.69 Å². The van der Waals surface area contributed by atoms with Gasteiger partial charge in [-0.1, -0.05) is 6.07 Å². The third kappa shape index (κ3) is 3.00. The first kappa shape index (κ1) is 17.8. The van der Waals surface area contributed by atoms with Gasteiger partial charge >= 0.3 is 24.2 Å². The number of carbonyl (C=O) groups is 2. The summed E-state index contributed by atoms with van der Waals surface area (Å²) in [7, 11) is 0. The van der Waals surface area contributed by atoms with Crippen LogP contribution in [0.3, 0.4) is 0 Å². The van der Waals surface area contributed by atoms with Gasteiger partial charge in [0, 0.05) is 20.0 Å². The molecule has 0 spiro atoms. The van der Waals surface area contributed by atoms with Crippen molar-refractivity contribution in [2.24, 2.45) is 0 Å². The maximum Gasteiger partial charge on any atom is 0.507 e. The normalized spacial score (nSPS) is 22.2. The number of cyclic esters (lactones) is 2. The van der Waals surface area contributed by atoms with Gasteiger partial charge in [0.15, 0.2) is 17.1 Å². The number of alkyl halides is 4. The number of anilines is 1.